The smallest absolute Gasteiger partial charge is 0.128 e. The van der Waals surface area contributed by atoms with Crippen molar-refractivity contribution in [3.05, 3.63) is 64.4 Å². The van der Waals surface area contributed by atoms with E-state index in [0.29, 0.717) is 22.7 Å². The second-order valence-corrected chi connectivity index (χ2v) is 4.93. The van der Waals surface area contributed by atoms with Crippen molar-refractivity contribution in [2.45, 2.75) is 6.54 Å². The maximum atomic E-state index is 13.6. The molecule has 2 aromatic carbocycles. The molecule has 104 valence electrons. The van der Waals surface area contributed by atoms with Crippen LogP contribution in [0, 0.1) is 11.2 Å². The molecular formula is C15H15ClFN3. The molecular weight excluding hydrogens is 277 g/mol. The SMILES string of the molecule is CN(Cc1ccccc1F)c1ccc(C(=N)N)cc1Cl. The first kappa shape index (κ1) is 14.3. The monoisotopic (exact) mass is 291 g/mol. The highest BCUT2D eigenvalue weighted by atomic mass is 35.5. The van der Waals surface area contributed by atoms with Gasteiger partial charge < -0.3 is 10.6 Å². The Balaban J connectivity index is 2.23. The van der Waals surface area contributed by atoms with Gasteiger partial charge in [-0.1, -0.05) is 29.8 Å². The summed E-state index contributed by atoms with van der Waals surface area (Å²) in [5.74, 6) is -0.272. The average Bonchev–Trinajstić information content (AvgIpc) is 2.41. The highest BCUT2D eigenvalue weighted by Gasteiger charge is 2.10. The third-order valence-corrected chi connectivity index (χ3v) is 3.34. The molecule has 5 heteroatoms. The van der Waals surface area contributed by atoms with Crippen LogP contribution in [-0.2, 0) is 6.54 Å². The summed E-state index contributed by atoms with van der Waals surface area (Å²) in [6, 6.07) is 11.8. The molecule has 2 aromatic rings. The predicted octanol–water partition coefficient (Wildman–Crippen LogP) is 3.40. The minimum Gasteiger partial charge on any atom is -0.384 e. The first-order valence-electron chi connectivity index (χ1n) is 6.07. The maximum absolute atomic E-state index is 13.6. The molecule has 0 saturated heterocycles. The Bertz CT molecular complexity index is 643. The van der Waals surface area contributed by atoms with Crippen molar-refractivity contribution >= 4 is 23.1 Å². The lowest BCUT2D eigenvalue weighted by Crippen LogP contribution is -2.18. The van der Waals surface area contributed by atoms with Gasteiger partial charge in [0.05, 0.1) is 10.7 Å². The van der Waals surface area contributed by atoms with Crippen LogP contribution in [0.4, 0.5) is 10.1 Å². The van der Waals surface area contributed by atoms with E-state index >= 15 is 0 Å². The van der Waals surface area contributed by atoms with Crippen LogP contribution in [0.25, 0.3) is 0 Å². The summed E-state index contributed by atoms with van der Waals surface area (Å²) < 4.78 is 13.6. The second kappa shape index (κ2) is 5.92. The minimum atomic E-state index is -0.240. The van der Waals surface area contributed by atoms with E-state index in [2.05, 4.69) is 0 Å². The molecule has 0 aliphatic heterocycles. The van der Waals surface area contributed by atoms with Crippen LogP contribution in [0.3, 0.4) is 0 Å². The van der Waals surface area contributed by atoms with Gasteiger partial charge in [0, 0.05) is 24.7 Å². The topological polar surface area (TPSA) is 53.1 Å². The number of anilines is 1. The highest BCUT2D eigenvalue weighted by molar-refractivity contribution is 6.33. The zero-order chi connectivity index (χ0) is 14.7. The van der Waals surface area contributed by atoms with Crippen LogP contribution in [-0.4, -0.2) is 12.9 Å². The second-order valence-electron chi connectivity index (χ2n) is 4.53. The Labute approximate surface area is 122 Å². The van der Waals surface area contributed by atoms with Crippen molar-refractivity contribution in [3.8, 4) is 0 Å². The lowest BCUT2D eigenvalue weighted by Gasteiger charge is -2.21. The summed E-state index contributed by atoms with van der Waals surface area (Å²) in [4.78, 5) is 1.85. The summed E-state index contributed by atoms with van der Waals surface area (Å²) in [6.45, 7) is 0.409. The van der Waals surface area contributed by atoms with Gasteiger partial charge in [-0.15, -0.1) is 0 Å². The third-order valence-electron chi connectivity index (χ3n) is 3.04. The molecule has 0 bridgehead atoms. The Morgan fingerprint density at radius 2 is 2.00 bits per heavy atom. The van der Waals surface area contributed by atoms with Crippen LogP contribution in [0.5, 0.6) is 0 Å². The number of nitrogens with one attached hydrogen (secondary N) is 1. The third kappa shape index (κ3) is 3.08. The largest absolute Gasteiger partial charge is 0.384 e. The zero-order valence-electron chi connectivity index (χ0n) is 11.0. The van der Waals surface area contributed by atoms with Gasteiger partial charge in [-0.25, -0.2) is 4.39 Å². The summed E-state index contributed by atoms with van der Waals surface area (Å²) >= 11 is 6.19. The number of amidine groups is 1. The fourth-order valence-corrected chi connectivity index (χ4v) is 2.28. The van der Waals surface area contributed by atoms with Gasteiger partial charge in [0.15, 0.2) is 0 Å². The molecule has 0 radical (unpaired) electrons. The summed E-state index contributed by atoms with van der Waals surface area (Å²) in [5.41, 5.74) is 7.34. The van der Waals surface area contributed by atoms with Gasteiger partial charge in [0.25, 0.3) is 0 Å². The normalized spacial score (nSPS) is 10.3. The Morgan fingerprint density at radius 3 is 2.60 bits per heavy atom. The minimum absolute atomic E-state index is 0.0322. The van der Waals surface area contributed by atoms with E-state index in [9.17, 15) is 4.39 Å². The number of hydrogen-bond acceptors (Lipinski definition) is 2. The molecule has 2 rings (SSSR count). The van der Waals surface area contributed by atoms with E-state index in [-0.39, 0.29) is 11.7 Å². The van der Waals surface area contributed by atoms with E-state index in [1.165, 1.54) is 6.07 Å². The maximum Gasteiger partial charge on any atom is 0.128 e. The van der Waals surface area contributed by atoms with Gasteiger partial charge in [0.2, 0.25) is 0 Å². The van der Waals surface area contributed by atoms with E-state index in [4.69, 9.17) is 22.7 Å². The fraction of sp³-hybridized carbons (Fsp3) is 0.133. The molecule has 0 atom stereocenters. The number of rotatable bonds is 4. The van der Waals surface area contributed by atoms with E-state index < -0.39 is 0 Å². The lowest BCUT2D eigenvalue weighted by molar-refractivity contribution is 0.608. The van der Waals surface area contributed by atoms with Crippen molar-refractivity contribution in [1.29, 1.82) is 5.41 Å². The Morgan fingerprint density at radius 1 is 1.30 bits per heavy atom. The van der Waals surface area contributed by atoms with Crippen molar-refractivity contribution in [2.24, 2.45) is 5.73 Å². The van der Waals surface area contributed by atoms with Gasteiger partial charge in [0.1, 0.15) is 11.7 Å². The Hall–Kier alpha value is -2.07. The predicted molar refractivity (Wildman–Crippen MR) is 81.0 cm³/mol. The standard InChI is InChI=1S/C15H15ClFN3/c1-20(9-11-4-2-3-5-13(11)17)14-7-6-10(15(18)19)8-12(14)16/h2-8H,9H2,1H3,(H3,18,19). The molecule has 20 heavy (non-hydrogen) atoms. The van der Waals surface area contributed by atoms with Crippen LogP contribution in [0.15, 0.2) is 42.5 Å². The molecule has 0 aromatic heterocycles. The molecule has 0 spiro atoms. The van der Waals surface area contributed by atoms with Gasteiger partial charge >= 0.3 is 0 Å². The van der Waals surface area contributed by atoms with Crippen LogP contribution in [0.2, 0.25) is 5.02 Å². The zero-order valence-corrected chi connectivity index (χ0v) is 11.8. The molecule has 0 heterocycles. The van der Waals surface area contributed by atoms with E-state index in [1.54, 1.807) is 36.4 Å². The fourth-order valence-electron chi connectivity index (χ4n) is 1.95. The summed E-state index contributed by atoms with van der Waals surface area (Å²) in [5, 5.41) is 7.86. The molecule has 0 aliphatic carbocycles. The molecule has 0 fully saturated rings. The number of nitrogen functional groups attached to an aromatic ring is 1. The average molecular weight is 292 g/mol. The lowest BCUT2D eigenvalue weighted by atomic mass is 10.1. The van der Waals surface area contributed by atoms with Crippen molar-refractivity contribution in [1.82, 2.24) is 0 Å². The number of benzene rings is 2. The summed E-state index contributed by atoms with van der Waals surface area (Å²) in [6.07, 6.45) is 0. The van der Waals surface area contributed by atoms with Crippen molar-refractivity contribution in [2.75, 3.05) is 11.9 Å². The van der Waals surface area contributed by atoms with Crippen LogP contribution < -0.4 is 10.6 Å². The quantitative estimate of drug-likeness (QED) is 0.670. The first-order chi connectivity index (χ1) is 9.49. The first-order valence-corrected chi connectivity index (χ1v) is 6.45. The van der Waals surface area contributed by atoms with E-state index in [0.717, 1.165) is 5.69 Å². The van der Waals surface area contributed by atoms with Crippen molar-refractivity contribution < 1.29 is 4.39 Å². The molecule has 0 unspecified atom stereocenters. The number of nitrogens with zero attached hydrogens (tertiary/aromatic N) is 1. The van der Waals surface area contributed by atoms with Gasteiger partial charge in [-0.3, -0.25) is 5.41 Å². The molecule has 3 nitrogen and oxygen atoms in total. The number of nitrogens with two attached hydrogens (primary N) is 1. The van der Waals surface area contributed by atoms with Crippen molar-refractivity contribution in [3.63, 3.8) is 0 Å². The molecule has 3 N–H and O–H groups in total. The van der Waals surface area contributed by atoms with Gasteiger partial charge in [-0.2, -0.15) is 0 Å². The van der Waals surface area contributed by atoms with E-state index in [1.807, 2.05) is 11.9 Å². The number of halogens is 2. The Kier molecular flexibility index (Phi) is 4.25. The van der Waals surface area contributed by atoms with Crippen LogP contribution >= 0.6 is 11.6 Å². The highest BCUT2D eigenvalue weighted by Crippen LogP contribution is 2.27. The number of hydrogen-bond donors (Lipinski definition) is 2. The molecule has 0 aliphatic rings. The molecule has 0 saturated carbocycles. The molecule has 0 amide bonds. The summed E-state index contributed by atoms with van der Waals surface area (Å²) in [7, 11) is 1.83. The van der Waals surface area contributed by atoms with Crippen LogP contribution in [0.1, 0.15) is 11.1 Å². The van der Waals surface area contributed by atoms with Gasteiger partial charge in [-0.05, 0) is 24.3 Å².